The standard InChI is InChI=1S/C19H25NO2/c1-22-17-4-2-12(3-5-17)11-18(21)20-19-15-7-13-6-14(9-15)10-16(19)8-13/h2-5,13-16,19H,6-11H2,1H3,(H,20,21). The van der Waals surface area contributed by atoms with Gasteiger partial charge in [-0.25, -0.2) is 0 Å². The summed E-state index contributed by atoms with van der Waals surface area (Å²) in [6, 6.07) is 8.25. The van der Waals surface area contributed by atoms with Crippen LogP contribution in [0.1, 0.15) is 37.7 Å². The third-order valence-electron chi connectivity index (χ3n) is 6.08. The van der Waals surface area contributed by atoms with Crippen molar-refractivity contribution in [1.29, 1.82) is 0 Å². The average Bonchev–Trinajstić information content (AvgIpc) is 2.51. The minimum absolute atomic E-state index is 0.183. The summed E-state index contributed by atoms with van der Waals surface area (Å²) < 4.78 is 5.16. The molecule has 0 aliphatic heterocycles. The third-order valence-corrected chi connectivity index (χ3v) is 6.08. The summed E-state index contributed by atoms with van der Waals surface area (Å²) in [6.07, 6.45) is 7.33. The van der Waals surface area contributed by atoms with Gasteiger partial charge in [0.15, 0.2) is 0 Å². The lowest BCUT2D eigenvalue weighted by molar-refractivity contribution is -0.124. The Labute approximate surface area is 132 Å². The Morgan fingerprint density at radius 1 is 1.05 bits per heavy atom. The summed E-state index contributed by atoms with van der Waals surface area (Å²) in [6.45, 7) is 0. The molecule has 0 saturated heterocycles. The van der Waals surface area contributed by atoms with E-state index in [9.17, 15) is 4.79 Å². The van der Waals surface area contributed by atoms with E-state index in [-0.39, 0.29) is 5.91 Å². The first-order valence-electron chi connectivity index (χ1n) is 8.63. The molecule has 0 aromatic heterocycles. The van der Waals surface area contributed by atoms with E-state index in [1.165, 1.54) is 32.1 Å². The maximum absolute atomic E-state index is 12.4. The molecule has 0 radical (unpaired) electrons. The molecule has 4 aliphatic rings. The lowest BCUT2D eigenvalue weighted by Gasteiger charge is -2.54. The second-order valence-corrected chi connectivity index (χ2v) is 7.55. The Morgan fingerprint density at radius 2 is 1.64 bits per heavy atom. The molecule has 4 aliphatic carbocycles. The van der Waals surface area contributed by atoms with Crippen LogP contribution in [-0.2, 0) is 11.2 Å². The molecule has 1 N–H and O–H groups in total. The number of ether oxygens (including phenoxy) is 1. The third kappa shape index (κ3) is 2.62. The molecule has 1 aromatic carbocycles. The monoisotopic (exact) mass is 299 g/mol. The second kappa shape index (κ2) is 5.60. The van der Waals surface area contributed by atoms with Crippen LogP contribution >= 0.6 is 0 Å². The SMILES string of the molecule is COc1ccc(CC(=O)NC2C3CC4CC(C3)CC2C4)cc1. The number of hydrogen-bond acceptors (Lipinski definition) is 2. The molecule has 4 saturated carbocycles. The Hall–Kier alpha value is -1.51. The summed E-state index contributed by atoms with van der Waals surface area (Å²) >= 11 is 0. The largest absolute Gasteiger partial charge is 0.497 e. The van der Waals surface area contributed by atoms with Crippen molar-refractivity contribution in [2.45, 2.75) is 44.6 Å². The van der Waals surface area contributed by atoms with E-state index in [0.717, 1.165) is 35.0 Å². The van der Waals surface area contributed by atoms with Gasteiger partial charge in [-0.05, 0) is 73.5 Å². The molecule has 1 amide bonds. The fourth-order valence-corrected chi connectivity index (χ4v) is 5.33. The summed E-state index contributed by atoms with van der Waals surface area (Å²) in [5, 5.41) is 3.37. The highest BCUT2D eigenvalue weighted by Gasteiger charge is 2.48. The Morgan fingerprint density at radius 3 is 2.18 bits per heavy atom. The molecule has 0 heterocycles. The van der Waals surface area contributed by atoms with Crippen molar-refractivity contribution < 1.29 is 9.53 Å². The van der Waals surface area contributed by atoms with Gasteiger partial charge in [-0.2, -0.15) is 0 Å². The highest BCUT2D eigenvalue weighted by molar-refractivity contribution is 5.79. The van der Waals surface area contributed by atoms with Gasteiger partial charge in [-0.1, -0.05) is 12.1 Å². The maximum atomic E-state index is 12.4. The van der Waals surface area contributed by atoms with Gasteiger partial charge in [0, 0.05) is 6.04 Å². The molecule has 0 unspecified atom stereocenters. The van der Waals surface area contributed by atoms with Crippen LogP contribution in [0, 0.1) is 23.7 Å². The molecule has 0 atom stereocenters. The highest BCUT2D eigenvalue weighted by atomic mass is 16.5. The van der Waals surface area contributed by atoms with E-state index in [2.05, 4.69) is 5.32 Å². The summed E-state index contributed by atoms with van der Waals surface area (Å²) in [5.74, 6) is 4.43. The molecule has 118 valence electrons. The number of carbonyl (C=O) groups excluding carboxylic acids is 1. The normalized spacial score (nSPS) is 35.4. The smallest absolute Gasteiger partial charge is 0.224 e. The van der Waals surface area contributed by atoms with Crippen molar-refractivity contribution >= 4 is 5.91 Å². The summed E-state index contributed by atoms with van der Waals surface area (Å²) in [4.78, 5) is 12.4. The Bertz CT molecular complexity index is 523. The fraction of sp³-hybridized carbons (Fsp3) is 0.632. The minimum Gasteiger partial charge on any atom is -0.497 e. The van der Waals surface area contributed by atoms with Crippen molar-refractivity contribution in [2.75, 3.05) is 7.11 Å². The van der Waals surface area contributed by atoms with E-state index < -0.39 is 0 Å². The van der Waals surface area contributed by atoms with Crippen molar-refractivity contribution in [1.82, 2.24) is 5.32 Å². The van der Waals surface area contributed by atoms with Crippen LogP contribution in [0.25, 0.3) is 0 Å². The van der Waals surface area contributed by atoms with Gasteiger partial charge in [0.05, 0.1) is 13.5 Å². The lowest BCUT2D eigenvalue weighted by Crippen LogP contribution is -2.56. The molecule has 3 heteroatoms. The Balaban J connectivity index is 1.37. The summed E-state index contributed by atoms with van der Waals surface area (Å²) in [5.41, 5.74) is 1.06. The van der Waals surface area contributed by atoms with Crippen LogP contribution in [-0.4, -0.2) is 19.1 Å². The van der Waals surface area contributed by atoms with Crippen LogP contribution in [0.5, 0.6) is 5.75 Å². The van der Waals surface area contributed by atoms with Crippen molar-refractivity contribution in [2.24, 2.45) is 23.7 Å². The second-order valence-electron chi connectivity index (χ2n) is 7.55. The number of nitrogens with one attached hydrogen (secondary N) is 1. The first-order chi connectivity index (χ1) is 10.7. The molecule has 22 heavy (non-hydrogen) atoms. The summed E-state index contributed by atoms with van der Waals surface area (Å²) in [7, 11) is 1.66. The van der Waals surface area contributed by atoms with Gasteiger partial charge in [-0.15, -0.1) is 0 Å². The predicted molar refractivity (Wildman–Crippen MR) is 85.7 cm³/mol. The van der Waals surface area contributed by atoms with E-state index in [0.29, 0.717) is 12.5 Å². The zero-order valence-corrected chi connectivity index (χ0v) is 13.3. The van der Waals surface area contributed by atoms with Gasteiger partial charge in [-0.3, -0.25) is 4.79 Å². The average molecular weight is 299 g/mol. The first kappa shape index (κ1) is 14.1. The van der Waals surface area contributed by atoms with Gasteiger partial charge in [0.2, 0.25) is 5.91 Å². The van der Waals surface area contributed by atoms with Crippen molar-refractivity contribution in [3.05, 3.63) is 29.8 Å². The van der Waals surface area contributed by atoms with Crippen LogP contribution in [0.2, 0.25) is 0 Å². The molecular formula is C19H25NO2. The minimum atomic E-state index is 0.183. The van der Waals surface area contributed by atoms with Gasteiger partial charge >= 0.3 is 0 Å². The van der Waals surface area contributed by atoms with Crippen LogP contribution in [0.15, 0.2) is 24.3 Å². The number of amides is 1. The molecule has 0 spiro atoms. The van der Waals surface area contributed by atoms with E-state index in [4.69, 9.17) is 4.74 Å². The van der Waals surface area contributed by atoms with E-state index in [1.54, 1.807) is 7.11 Å². The zero-order valence-electron chi connectivity index (χ0n) is 13.3. The van der Waals surface area contributed by atoms with Gasteiger partial charge in [0.1, 0.15) is 5.75 Å². The number of carbonyl (C=O) groups is 1. The number of methoxy groups -OCH3 is 1. The molecule has 4 bridgehead atoms. The van der Waals surface area contributed by atoms with E-state index >= 15 is 0 Å². The molecule has 1 aromatic rings. The quantitative estimate of drug-likeness (QED) is 0.927. The predicted octanol–water partition coefficient (Wildman–Crippen LogP) is 3.18. The Kier molecular flexibility index (Phi) is 3.59. The molecule has 3 nitrogen and oxygen atoms in total. The molecule has 5 rings (SSSR count). The van der Waals surface area contributed by atoms with Crippen LogP contribution in [0.4, 0.5) is 0 Å². The molecular weight excluding hydrogens is 274 g/mol. The number of hydrogen-bond donors (Lipinski definition) is 1. The first-order valence-corrected chi connectivity index (χ1v) is 8.63. The zero-order chi connectivity index (χ0) is 15.1. The highest BCUT2D eigenvalue weighted by Crippen LogP contribution is 2.53. The number of rotatable bonds is 4. The van der Waals surface area contributed by atoms with Crippen LogP contribution < -0.4 is 10.1 Å². The van der Waals surface area contributed by atoms with Gasteiger partial charge in [0.25, 0.3) is 0 Å². The number of benzene rings is 1. The maximum Gasteiger partial charge on any atom is 0.224 e. The fourth-order valence-electron chi connectivity index (χ4n) is 5.33. The van der Waals surface area contributed by atoms with E-state index in [1.807, 2.05) is 24.3 Å². The van der Waals surface area contributed by atoms with Crippen molar-refractivity contribution in [3.63, 3.8) is 0 Å². The lowest BCUT2D eigenvalue weighted by atomic mass is 9.54. The molecule has 4 fully saturated rings. The topological polar surface area (TPSA) is 38.3 Å². The van der Waals surface area contributed by atoms with Crippen LogP contribution in [0.3, 0.4) is 0 Å². The van der Waals surface area contributed by atoms with Gasteiger partial charge < -0.3 is 10.1 Å². The van der Waals surface area contributed by atoms with Crippen molar-refractivity contribution in [3.8, 4) is 5.75 Å².